The van der Waals surface area contributed by atoms with Crippen molar-refractivity contribution in [2.45, 2.75) is 20.4 Å². The number of amides is 1. The molecule has 0 atom stereocenters. The number of phenolic OH excluding ortho intramolecular Hbond substituents is 1. The molecule has 0 aliphatic rings. The number of aryl methyl sites for hydroxylation is 2. The van der Waals surface area contributed by atoms with E-state index in [2.05, 4.69) is 15.3 Å². The Morgan fingerprint density at radius 1 is 1.08 bits per heavy atom. The number of ether oxygens (including phenoxy) is 1. The number of rotatable bonds is 4. The molecule has 2 aromatic carbocycles. The van der Waals surface area contributed by atoms with Gasteiger partial charge in [-0.2, -0.15) is 0 Å². The number of benzene rings is 2. The van der Waals surface area contributed by atoms with E-state index in [1.54, 1.807) is 37.4 Å². The molecule has 0 spiro atoms. The zero-order valence-electron chi connectivity index (χ0n) is 14.3. The molecule has 25 heavy (non-hydrogen) atoms. The van der Waals surface area contributed by atoms with E-state index in [0.717, 1.165) is 16.9 Å². The van der Waals surface area contributed by atoms with Crippen molar-refractivity contribution in [1.82, 2.24) is 15.3 Å². The number of nitrogens with zero attached hydrogens (tertiary/aromatic N) is 2. The van der Waals surface area contributed by atoms with Crippen molar-refractivity contribution in [2.24, 2.45) is 0 Å². The van der Waals surface area contributed by atoms with Crippen LogP contribution < -0.4 is 10.1 Å². The van der Waals surface area contributed by atoms with Gasteiger partial charge < -0.3 is 15.2 Å². The molecule has 6 nitrogen and oxygen atoms in total. The molecule has 6 heteroatoms. The highest BCUT2D eigenvalue weighted by atomic mass is 16.5. The third-order valence-electron chi connectivity index (χ3n) is 4.06. The molecule has 3 rings (SSSR count). The zero-order valence-corrected chi connectivity index (χ0v) is 14.3. The van der Waals surface area contributed by atoms with E-state index in [9.17, 15) is 9.90 Å². The van der Waals surface area contributed by atoms with E-state index in [1.165, 1.54) is 6.07 Å². The van der Waals surface area contributed by atoms with E-state index in [-0.39, 0.29) is 18.2 Å². The lowest BCUT2D eigenvalue weighted by atomic mass is 10.1. The number of aromatic nitrogens is 2. The van der Waals surface area contributed by atoms with Gasteiger partial charge in [-0.05, 0) is 50.2 Å². The molecule has 0 fully saturated rings. The second kappa shape index (κ2) is 6.76. The molecule has 128 valence electrons. The highest BCUT2D eigenvalue weighted by Crippen LogP contribution is 2.22. The Morgan fingerprint density at radius 2 is 1.80 bits per heavy atom. The van der Waals surface area contributed by atoms with Crippen molar-refractivity contribution in [1.29, 1.82) is 0 Å². The Hall–Kier alpha value is -3.15. The summed E-state index contributed by atoms with van der Waals surface area (Å²) in [7, 11) is 1.55. The first-order valence-electron chi connectivity index (χ1n) is 7.87. The van der Waals surface area contributed by atoms with Crippen molar-refractivity contribution in [3.05, 3.63) is 58.9 Å². The van der Waals surface area contributed by atoms with Crippen LogP contribution in [-0.4, -0.2) is 28.1 Å². The van der Waals surface area contributed by atoms with Crippen LogP contribution in [0.25, 0.3) is 11.0 Å². The van der Waals surface area contributed by atoms with E-state index in [1.807, 2.05) is 13.8 Å². The van der Waals surface area contributed by atoms with Crippen LogP contribution in [0.2, 0.25) is 0 Å². The lowest BCUT2D eigenvalue weighted by Gasteiger charge is -2.09. The molecule has 0 saturated carbocycles. The van der Waals surface area contributed by atoms with Gasteiger partial charge in [0.25, 0.3) is 5.91 Å². The van der Waals surface area contributed by atoms with Crippen molar-refractivity contribution in [3.63, 3.8) is 0 Å². The fraction of sp³-hybridized carbons (Fsp3) is 0.211. The maximum atomic E-state index is 12.4. The maximum Gasteiger partial charge on any atom is 0.251 e. The standard InChI is InChI=1S/C19H19N3O3/c1-11-12(2)22-17-9-13(4-6-16(17)21-11)19(24)20-10-14-8-15(25-3)5-7-18(14)23/h4-9,23H,10H2,1-3H3,(H,20,24). The Balaban J connectivity index is 1.79. The average Bonchev–Trinajstić information content (AvgIpc) is 2.61. The van der Waals surface area contributed by atoms with Gasteiger partial charge in [-0.25, -0.2) is 9.97 Å². The number of aromatic hydroxyl groups is 1. The summed E-state index contributed by atoms with van der Waals surface area (Å²) in [4.78, 5) is 21.3. The van der Waals surface area contributed by atoms with Crippen molar-refractivity contribution in [3.8, 4) is 11.5 Å². The van der Waals surface area contributed by atoms with Gasteiger partial charge in [0.1, 0.15) is 11.5 Å². The number of carbonyl (C=O) groups is 1. The van der Waals surface area contributed by atoms with E-state index in [0.29, 0.717) is 22.4 Å². The molecule has 2 N–H and O–H groups in total. The minimum Gasteiger partial charge on any atom is -0.508 e. The summed E-state index contributed by atoms with van der Waals surface area (Å²) in [6.45, 7) is 3.99. The smallest absolute Gasteiger partial charge is 0.251 e. The minimum atomic E-state index is -0.246. The summed E-state index contributed by atoms with van der Waals surface area (Å²) in [5.74, 6) is 0.481. The minimum absolute atomic E-state index is 0.108. The quantitative estimate of drug-likeness (QED) is 0.765. The number of hydrogen-bond acceptors (Lipinski definition) is 5. The number of hydrogen-bond donors (Lipinski definition) is 2. The molecule has 1 aromatic heterocycles. The van der Waals surface area contributed by atoms with Gasteiger partial charge in [0, 0.05) is 17.7 Å². The van der Waals surface area contributed by atoms with Gasteiger partial charge in [-0.3, -0.25) is 4.79 Å². The Morgan fingerprint density at radius 3 is 2.52 bits per heavy atom. The molecule has 1 amide bonds. The number of fused-ring (bicyclic) bond motifs is 1. The molecule has 0 unspecified atom stereocenters. The first-order chi connectivity index (χ1) is 12.0. The summed E-state index contributed by atoms with van der Waals surface area (Å²) in [6.07, 6.45) is 0. The zero-order chi connectivity index (χ0) is 18.0. The van der Waals surface area contributed by atoms with Gasteiger partial charge >= 0.3 is 0 Å². The maximum absolute atomic E-state index is 12.4. The van der Waals surface area contributed by atoms with Crippen LogP contribution in [0, 0.1) is 13.8 Å². The van der Waals surface area contributed by atoms with Crippen LogP contribution in [-0.2, 0) is 6.54 Å². The second-order valence-electron chi connectivity index (χ2n) is 5.78. The predicted molar refractivity (Wildman–Crippen MR) is 94.8 cm³/mol. The molecule has 0 aliphatic heterocycles. The van der Waals surface area contributed by atoms with Crippen LogP contribution in [0.15, 0.2) is 36.4 Å². The SMILES string of the molecule is COc1ccc(O)c(CNC(=O)c2ccc3nc(C)c(C)nc3c2)c1. The predicted octanol–water partition coefficient (Wildman–Crippen LogP) is 2.89. The Bertz CT molecular complexity index is 954. The van der Waals surface area contributed by atoms with Gasteiger partial charge in [0.05, 0.1) is 29.5 Å². The number of carbonyl (C=O) groups excluding carboxylic acids is 1. The number of phenols is 1. The van der Waals surface area contributed by atoms with Gasteiger partial charge in [0.15, 0.2) is 0 Å². The second-order valence-corrected chi connectivity index (χ2v) is 5.78. The number of methoxy groups -OCH3 is 1. The lowest BCUT2D eigenvalue weighted by molar-refractivity contribution is 0.0951. The molecule has 0 aliphatic carbocycles. The molecule has 0 bridgehead atoms. The number of nitrogens with one attached hydrogen (secondary N) is 1. The molecule has 0 radical (unpaired) electrons. The highest BCUT2D eigenvalue weighted by Gasteiger charge is 2.10. The fourth-order valence-electron chi connectivity index (χ4n) is 2.48. The lowest BCUT2D eigenvalue weighted by Crippen LogP contribution is -2.22. The third kappa shape index (κ3) is 3.52. The van der Waals surface area contributed by atoms with E-state index >= 15 is 0 Å². The third-order valence-corrected chi connectivity index (χ3v) is 4.06. The van der Waals surface area contributed by atoms with Gasteiger partial charge in [0.2, 0.25) is 0 Å². The largest absolute Gasteiger partial charge is 0.508 e. The Kier molecular flexibility index (Phi) is 4.52. The van der Waals surface area contributed by atoms with Crippen LogP contribution in [0.4, 0.5) is 0 Å². The summed E-state index contributed by atoms with van der Waals surface area (Å²) >= 11 is 0. The molecular weight excluding hydrogens is 318 g/mol. The van der Waals surface area contributed by atoms with Crippen LogP contribution in [0.3, 0.4) is 0 Å². The molecule has 1 heterocycles. The van der Waals surface area contributed by atoms with Crippen molar-refractivity contribution < 1.29 is 14.6 Å². The van der Waals surface area contributed by atoms with Crippen molar-refractivity contribution in [2.75, 3.05) is 7.11 Å². The molecular formula is C19H19N3O3. The normalized spacial score (nSPS) is 10.7. The fourth-order valence-corrected chi connectivity index (χ4v) is 2.48. The summed E-state index contributed by atoms with van der Waals surface area (Å²) < 4.78 is 5.13. The van der Waals surface area contributed by atoms with Crippen LogP contribution in [0.5, 0.6) is 11.5 Å². The first kappa shape index (κ1) is 16.7. The first-order valence-corrected chi connectivity index (χ1v) is 7.87. The molecule has 3 aromatic rings. The van der Waals surface area contributed by atoms with E-state index < -0.39 is 0 Å². The Labute approximate surface area is 145 Å². The molecule has 0 saturated heterocycles. The summed E-state index contributed by atoms with van der Waals surface area (Å²) in [5.41, 5.74) is 4.22. The van der Waals surface area contributed by atoms with Crippen LogP contribution in [0.1, 0.15) is 27.3 Å². The van der Waals surface area contributed by atoms with Crippen LogP contribution >= 0.6 is 0 Å². The van der Waals surface area contributed by atoms with Gasteiger partial charge in [-0.15, -0.1) is 0 Å². The highest BCUT2D eigenvalue weighted by molar-refractivity contribution is 5.97. The van der Waals surface area contributed by atoms with Crippen molar-refractivity contribution >= 4 is 16.9 Å². The summed E-state index contributed by atoms with van der Waals surface area (Å²) in [6, 6.07) is 10.1. The average molecular weight is 337 g/mol. The monoisotopic (exact) mass is 337 g/mol. The summed E-state index contributed by atoms with van der Waals surface area (Å²) in [5, 5.41) is 12.7. The van der Waals surface area contributed by atoms with E-state index in [4.69, 9.17) is 4.74 Å². The topological polar surface area (TPSA) is 84.3 Å². The van der Waals surface area contributed by atoms with Gasteiger partial charge in [-0.1, -0.05) is 0 Å².